The predicted molar refractivity (Wildman–Crippen MR) is 67.4 cm³/mol. The van der Waals surface area contributed by atoms with Crippen molar-refractivity contribution in [1.82, 2.24) is 10.3 Å². The number of rotatable bonds is 3. The predicted octanol–water partition coefficient (Wildman–Crippen LogP) is 1.17. The third kappa shape index (κ3) is 3.04. The fraction of sp³-hybridized carbons (Fsp3) is 0.583. The van der Waals surface area contributed by atoms with E-state index in [-0.39, 0.29) is 6.04 Å². The molecule has 0 amide bonds. The van der Waals surface area contributed by atoms with Crippen molar-refractivity contribution in [2.24, 2.45) is 5.92 Å². The van der Waals surface area contributed by atoms with E-state index in [1.54, 1.807) is 6.20 Å². The number of pyridine rings is 1. The Hall–Kier alpha value is -0.940. The Morgan fingerprint density at radius 3 is 2.65 bits per heavy atom. The van der Waals surface area contributed by atoms with Gasteiger partial charge in [-0.25, -0.2) is 8.42 Å². The van der Waals surface area contributed by atoms with Crippen LogP contribution in [0, 0.1) is 5.92 Å². The van der Waals surface area contributed by atoms with Crippen molar-refractivity contribution >= 4 is 9.84 Å². The molecule has 0 aromatic carbocycles. The van der Waals surface area contributed by atoms with Gasteiger partial charge in [0.2, 0.25) is 0 Å². The zero-order valence-corrected chi connectivity index (χ0v) is 10.8. The lowest BCUT2D eigenvalue weighted by molar-refractivity contribution is 0.350. The Morgan fingerprint density at radius 1 is 1.41 bits per heavy atom. The summed E-state index contributed by atoms with van der Waals surface area (Å²) >= 11 is 0. The van der Waals surface area contributed by atoms with Gasteiger partial charge in [-0.1, -0.05) is 6.07 Å². The summed E-state index contributed by atoms with van der Waals surface area (Å²) in [6.45, 7) is 0. The van der Waals surface area contributed by atoms with E-state index in [1.165, 1.54) is 0 Å². The van der Waals surface area contributed by atoms with Gasteiger partial charge in [-0.05, 0) is 37.4 Å². The molecule has 0 bridgehead atoms. The average Bonchev–Trinajstić information content (AvgIpc) is 2.33. The number of aromatic nitrogens is 1. The van der Waals surface area contributed by atoms with Crippen molar-refractivity contribution in [2.45, 2.75) is 18.9 Å². The third-order valence-electron chi connectivity index (χ3n) is 3.43. The Morgan fingerprint density at radius 2 is 2.12 bits per heavy atom. The van der Waals surface area contributed by atoms with E-state index in [1.807, 2.05) is 25.4 Å². The molecule has 1 aliphatic rings. The summed E-state index contributed by atoms with van der Waals surface area (Å²) in [5, 5.41) is 3.28. The van der Waals surface area contributed by atoms with Gasteiger partial charge in [-0.15, -0.1) is 0 Å². The molecule has 17 heavy (non-hydrogen) atoms. The summed E-state index contributed by atoms with van der Waals surface area (Å²) in [7, 11) is -0.866. The molecule has 1 aromatic rings. The summed E-state index contributed by atoms with van der Waals surface area (Å²) in [4.78, 5) is 4.12. The van der Waals surface area contributed by atoms with Gasteiger partial charge in [0.1, 0.15) is 9.84 Å². The first kappa shape index (κ1) is 12.5. The maximum atomic E-state index is 11.4. The van der Waals surface area contributed by atoms with E-state index in [0.29, 0.717) is 17.4 Å². The van der Waals surface area contributed by atoms with Crippen molar-refractivity contribution < 1.29 is 8.42 Å². The van der Waals surface area contributed by atoms with Crippen LogP contribution < -0.4 is 5.32 Å². The standard InChI is InChI=1S/C12H18N2O2S/c1-13-12(11-3-2-6-14-9-11)10-4-7-17(15,16)8-5-10/h2-3,6,9-10,12-13H,4-5,7-8H2,1H3. The first-order valence-corrected chi connectivity index (χ1v) is 7.72. The first-order valence-electron chi connectivity index (χ1n) is 5.90. The van der Waals surface area contributed by atoms with E-state index in [2.05, 4.69) is 10.3 Å². The molecule has 1 N–H and O–H groups in total. The Bertz CT molecular complexity index is 445. The molecule has 1 atom stereocenters. The van der Waals surface area contributed by atoms with Crippen LogP contribution in [0.2, 0.25) is 0 Å². The molecule has 0 saturated carbocycles. The van der Waals surface area contributed by atoms with Crippen LogP contribution in [-0.4, -0.2) is 32.0 Å². The molecule has 2 heterocycles. The molecule has 1 unspecified atom stereocenters. The number of nitrogens with zero attached hydrogens (tertiary/aromatic N) is 1. The maximum Gasteiger partial charge on any atom is 0.150 e. The highest BCUT2D eigenvalue weighted by atomic mass is 32.2. The van der Waals surface area contributed by atoms with Crippen LogP contribution in [0.5, 0.6) is 0 Å². The highest BCUT2D eigenvalue weighted by Gasteiger charge is 2.29. The lowest BCUT2D eigenvalue weighted by Crippen LogP contribution is -2.32. The van der Waals surface area contributed by atoms with Crippen LogP contribution in [0.1, 0.15) is 24.4 Å². The van der Waals surface area contributed by atoms with Crippen molar-refractivity contribution in [3.05, 3.63) is 30.1 Å². The van der Waals surface area contributed by atoms with Crippen molar-refractivity contribution in [3.8, 4) is 0 Å². The van der Waals surface area contributed by atoms with Gasteiger partial charge in [0.25, 0.3) is 0 Å². The van der Waals surface area contributed by atoms with E-state index in [4.69, 9.17) is 0 Å². The zero-order valence-electron chi connectivity index (χ0n) is 9.96. The van der Waals surface area contributed by atoms with Gasteiger partial charge in [-0.2, -0.15) is 0 Å². The molecule has 0 spiro atoms. The Kier molecular flexibility index (Phi) is 3.79. The molecule has 5 heteroatoms. The second kappa shape index (κ2) is 5.14. The largest absolute Gasteiger partial charge is 0.313 e. The summed E-state index contributed by atoms with van der Waals surface area (Å²) in [5.41, 5.74) is 1.14. The van der Waals surface area contributed by atoms with Crippen molar-refractivity contribution in [3.63, 3.8) is 0 Å². The molecule has 2 rings (SSSR count). The lowest BCUT2D eigenvalue weighted by Gasteiger charge is -2.30. The average molecular weight is 254 g/mol. The van der Waals surface area contributed by atoms with E-state index in [0.717, 1.165) is 18.4 Å². The Labute approximate surface area is 102 Å². The minimum atomic E-state index is -2.78. The van der Waals surface area contributed by atoms with Crippen LogP contribution in [0.3, 0.4) is 0 Å². The highest BCUT2D eigenvalue weighted by molar-refractivity contribution is 7.91. The summed E-state index contributed by atoms with van der Waals surface area (Å²) in [5.74, 6) is 1.01. The van der Waals surface area contributed by atoms with Gasteiger partial charge in [0.15, 0.2) is 0 Å². The van der Waals surface area contributed by atoms with Crippen molar-refractivity contribution in [1.29, 1.82) is 0 Å². The van der Waals surface area contributed by atoms with Crippen LogP contribution in [0.15, 0.2) is 24.5 Å². The van der Waals surface area contributed by atoms with Gasteiger partial charge in [0, 0.05) is 18.4 Å². The fourth-order valence-corrected chi connectivity index (χ4v) is 4.00. The summed E-state index contributed by atoms with van der Waals surface area (Å²) < 4.78 is 22.8. The lowest BCUT2D eigenvalue weighted by atomic mass is 9.89. The highest BCUT2D eigenvalue weighted by Crippen LogP contribution is 2.30. The number of sulfone groups is 1. The Balaban J connectivity index is 2.11. The summed E-state index contributed by atoms with van der Waals surface area (Å²) in [6, 6.07) is 4.16. The molecule has 0 aliphatic carbocycles. The number of hydrogen-bond acceptors (Lipinski definition) is 4. The van der Waals surface area contributed by atoms with Crippen LogP contribution in [-0.2, 0) is 9.84 Å². The molecule has 4 nitrogen and oxygen atoms in total. The molecule has 1 aliphatic heterocycles. The van der Waals surface area contributed by atoms with E-state index >= 15 is 0 Å². The molecular weight excluding hydrogens is 236 g/mol. The third-order valence-corrected chi connectivity index (χ3v) is 5.14. The monoisotopic (exact) mass is 254 g/mol. The summed E-state index contributed by atoms with van der Waals surface area (Å²) in [6.07, 6.45) is 5.08. The minimum absolute atomic E-state index is 0.208. The second-order valence-corrected chi connectivity index (χ2v) is 6.85. The molecule has 1 saturated heterocycles. The smallest absolute Gasteiger partial charge is 0.150 e. The SMILES string of the molecule is CNC(c1cccnc1)C1CCS(=O)(=O)CC1. The normalized spacial score (nSPS) is 22.2. The molecule has 1 fully saturated rings. The topological polar surface area (TPSA) is 59.1 Å². The van der Waals surface area contributed by atoms with Crippen LogP contribution in [0.4, 0.5) is 0 Å². The van der Waals surface area contributed by atoms with Gasteiger partial charge >= 0.3 is 0 Å². The fourth-order valence-electron chi connectivity index (χ4n) is 2.48. The van der Waals surface area contributed by atoms with Gasteiger partial charge < -0.3 is 5.32 Å². The van der Waals surface area contributed by atoms with E-state index < -0.39 is 9.84 Å². The first-order chi connectivity index (χ1) is 8.12. The van der Waals surface area contributed by atoms with Crippen LogP contribution in [0.25, 0.3) is 0 Å². The maximum absolute atomic E-state index is 11.4. The van der Waals surface area contributed by atoms with Crippen molar-refractivity contribution in [2.75, 3.05) is 18.6 Å². The molecule has 94 valence electrons. The zero-order chi connectivity index (χ0) is 12.3. The van der Waals surface area contributed by atoms with Gasteiger partial charge in [-0.3, -0.25) is 4.98 Å². The second-order valence-electron chi connectivity index (χ2n) is 4.54. The number of hydrogen-bond donors (Lipinski definition) is 1. The van der Waals surface area contributed by atoms with Gasteiger partial charge in [0.05, 0.1) is 11.5 Å². The van der Waals surface area contributed by atoms with Crippen LogP contribution >= 0.6 is 0 Å². The molecule has 0 radical (unpaired) electrons. The minimum Gasteiger partial charge on any atom is -0.313 e. The van der Waals surface area contributed by atoms with E-state index in [9.17, 15) is 8.42 Å². The molecular formula is C12H18N2O2S. The quantitative estimate of drug-likeness (QED) is 0.879. The molecule has 1 aromatic heterocycles. The number of nitrogens with one attached hydrogen (secondary N) is 1.